The smallest absolute Gasteiger partial charge is 0.269 e. The van der Waals surface area contributed by atoms with E-state index in [-0.39, 0.29) is 18.0 Å². The summed E-state index contributed by atoms with van der Waals surface area (Å²) in [6.07, 6.45) is 2.25. The zero-order valence-corrected chi connectivity index (χ0v) is 11.3. The summed E-state index contributed by atoms with van der Waals surface area (Å²) in [6, 6.07) is 6.25. The number of benzene rings is 1. The van der Waals surface area contributed by atoms with Gasteiger partial charge in [0, 0.05) is 25.2 Å². The molecule has 1 unspecified atom stereocenters. The topological polar surface area (TPSA) is 89.5 Å². The number of nitro benzene ring substituents is 1. The van der Waals surface area contributed by atoms with Gasteiger partial charge in [-0.15, -0.1) is 0 Å². The van der Waals surface area contributed by atoms with Gasteiger partial charge in [0.05, 0.1) is 11.3 Å². The summed E-state index contributed by atoms with van der Waals surface area (Å²) in [5, 5.41) is 10.7. The van der Waals surface area contributed by atoms with Crippen molar-refractivity contribution in [3.63, 3.8) is 0 Å². The fourth-order valence-electron chi connectivity index (χ4n) is 2.55. The normalized spacial score (nSPS) is 18.9. The molecular formula is C14H19N3O3. The molecule has 2 N–H and O–H groups in total. The molecule has 6 nitrogen and oxygen atoms in total. The SMILES string of the molecule is NCC1CCCN(C(=O)Cc2cccc([N+](=O)[O-])c2)C1. The third-order valence-corrected chi connectivity index (χ3v) is 3.68. The van der Waals surface area contributed by atoms with Crippen LogP contribution in [0.25, 0.3) is 0 Å². The van der Waals surface area contributed by atoms with E-state index in [1.54, 1.807) is 12.1 Å². The highest BCUT2D eigenvalue weighted by Gasteiger charge is 2.23. The van der Waals surface area contributed by atoms with Gasteiger partial charge in [-0.3, -0.25) is 14.9 Å². The largest absolute Gasteiger partial charge is 0.342 e. The second kappa shape index (κ2) is 6.47. The Balaban J connectivity index is 2.00. The summed E-state index contributed by atoms with van der Waals surface area (Å²) >= 11 is 0. The average Bonchev–Trinajstić information content (AvgIpc) is 2.47. The van der Waals surface area contributed by atoms with Crippen molar-refractivity contribution in [3.05, 3.63) is 39.9 Å². The number of carbonyl (C=O) groups excluding carboxylic acids is 1. The monoisotopic (exact) mass is 277 g/mol. The van der Waals surface area contributed by atoms with Gasteiger partial charge >= 0.3 is 0 Å². The van der Waals surface area contributed by atoms with Crippen LogP contribution in [0.3, 0.4) is 0 Å². The Kier molecular flexibility index (Phi) is 4.68. The van der Waals surface area contributed by atoms with Crippen molar-refractivity contribution in [3.8, 4) is 0 Å². The molecule has 108 valence electrons. The van der Waals surface area contributed by atoms with Gasteiger partial charge in [-0.2, -0.15) is 0 Å². The Morgan fingerprint density at radius 2 is 2.30 bits per heavy atom. The fourth-order valence-corrected chi connectivity index (χ4v) is 2.55. The Morgan fingerprint density at radius 3 is 3.00 bits per heavy atom. The molecule has 1 amide bonds. The van der Waals surface area contributed by atoms with Gasteiger partial charge in [0.15, 0.2) is 0 Å². The third kappa shape index (κ3) is 3.54. The van der Waals surface area contributed by atoms with Crippen molar-refractivity contribution in [1.82, 2.24) is 4.90 Å². The lowest BCUT2D eigenvalue weighted by Crippen LogP contribution is -2.42. The maximum absolute atomic E-state index is 12.2. The predicted molar refractivity (Wildman–Crippen MR) is 75.2 cm³/mol. The highest BCUT2D eigenvalue weighted by atomic mass is 16.6. The summed E-state index contributed by atoms with van der Waals surface area (Å²) < 4.78 is 0. The number of carbonyl (C=O) groups is 1. The number of piperidine rings is 1. The van der Waals surface area contributed by atoms with Gasteiger partial charge in [-0.1, -0.05) is 12.1 Å². The van der Waals surface area contributed by atoms with Crippen LogP contribution < -0.4 is 5.73 Å². The molecule has 1 heterocycles. The van der Waals surface area contributed by atoms with Crippen molar-refractivity contribution < 1.29 is 9.72 Å². The molecule has 1 aromatic rings. The van der Waals surface area contributed by atoms with E-state index < -0.39 is 4.92 Å². The number of hydrogen-bond acceptors (Lipinski definition) is 4. The molecule has 0 radical (unpaired) electrons. The lowest BCUT2D eigenvalue weighted by Gasteiger charge is -2.32. The molecule has 0 aliphatic carbocycles. The zero-order chi connectivity index (χ0) is 14.5. The van der Waals surface area contributed by atoms with Crippen LogP contribution in [0.5, 0.6) is 0 Å². The van der Waals surface area contributed by atoms with Crippen LogP contribution in [0, 0.1) is 16.0 Å². The highest BCUT2D eigenvalue weighted by molar-refractivity contribution is 5.79. The van der Waals surface area contributed by atoms with Crippen molar-refractivity contribution in [2.24, 2.45) is 11.7 Å². The number of hydrogen-bond donors (Lipinski definition) is 1. The van der Waals surface area contributed by atoms with E-state index in [9.17, 15) is 14.9 Å². The average molecular weight is 277 g/mol. The van der Waals surface area contributed by atoms with E-state index in [4.69, 9.17) is 5.73 Å². The van der Waals surface area contributed by atoms with Gasteiger partial charge in [-0.05, 0) is 30.9 Å². The number of nitro groups is 1. The number of likely N-dealkylation sites (tertiary alicyclic amines) is 1. The molecule has 0 saturated carbocycles. The molecule has 1 fully saturated rings. The van der Waals surface area contributed by atoms with Crippen LogP contribution in [0.15, 0.2) is 24.3 Å². The molecule has 1 aliphatic heterocycles. The maximum atomic E-state index is 12.2. The van der Waals surface area contributed by atoms with Crippen LogP contribution in [0.4, 0.5) is 5.69 Å². The molecule has 1 aromatic carbocycles. The summed E-state index contributed by atoms with van der Waals surface area (Å²) in [4.78, 5) is 24.3. The number of nitrogens with zero attached hydrogens (tertiary/aromatic N) is 2. The van der Waals surface area contributed by atoms with Crippen molar-refractivity contribution >= 4 is 11.6 Å². The van der Waals surface area contributed by atoms with Crippen LogP contribution >= 0.6 is 0 Å². The first-order chi connectivity index (χ1) is 9.60. The third-order valence-electron chi connectivity index (χ3n) is 3.68. The fraction of sp³-hybridized carbons (Fsp3) is 0.500. The second-order valence-corrected chi connectivity index (χ2v) is 5.19. The van der Waals surface area contributed by atoms with E-state index in [1.807, 2.05) is 4.90 Å². The summed E-state index contributed by atoms with van der Waals surface area (Å²) in [5.41, 5.74) is 6.36. The van der Waals surface area contributed by atoms with Gasteiger partial charge in [0.2, 0.25) is 5.91 Å². The molecule has 6 heteroatoms. The highest BCUT2D eigenvalue weighted by Crippen LogP contribution is 2.18. The number of nitrogens with two attached hydrogens (primary N) is 1. The maximum Gasteiger partial charge on any atom is 0.269 e. The Bertz CT molecular complexity index is 504. The van der Waals surface area contributed by atoms with E-state index in [0.29, 0.717) is 24.6 Å². The minimum absolute atomic E-state index is 0.0173. The van der Waals surface area contributed by atoms with Gasteiger partial charge in [-0.25, -0.2) is 0 Å². The van der Waals surface area contributed by atoms with Crippen molar-refractivity contribution in [2.75, 3.05) is 19.6 Å². The standard InChI is InChI=1S/C14H19N3O3/c15-9-12-4-2-6-16(10-12)14(18)8-11-3-1-5-13(7-11)17(19)20/h1,3,5,7,12H,2,4,6,8-10,15H2. The minimum atomic E-state index is -0.445. The molecule has 1 atom stereocenters. The van der Waals surface area contributed by atoms with Crippen LogP contribution in [-0.4, -0.2) is 35.4 Å². The van der Waals surface area contributed by atoms with Gasteiger partial charge < -0.3 is 10.6 Å². The van der Waals surface area contributed by atoms with E-state index in [0.717, 1.165) is 19.4 Å². The van der Waals surface area contributed by atoms with Crippen molar-refractivity contribution in [1.29, 1.82) is 0 Å². The molecule has 1 aliphatic rings. The Hall–Kier alpha value is -1.95. The van der Waals surface area contributed by atoms with Crippen molar-refractivity contribution in [2.45, 2.75) is 19.3 Å². The van der Waals surface area contributed by atoms with E-state index >= 15 is 0 Å². The summed E-state index contributed by atoms with van der Waals surface area (Å²) in [5.74, 6) is 0.390. The van der Waals surface area contributed by atoms with Crippen LogP contribution in [0.1, 0.15) is 18.4 Å². The number of non-ortho nitro benzene ring substituents is 1. The first-order valence-electron chi connectivity index (χ1n) is 6.81. The number of rotatable bonds is 4. The quantitative estimate of drug-likeness (QED) is 0.664. The first kappa shape index (κ1) is 14.5. The second-order valence-electron chi connectivity index (χ2n) is 5.19. The molecule has 0 spiro atoms. The van der Waals surface area contributed by atoms with E-state index in [1.165, 1.54) is 12.1 Å². The van der Waals surface area contributed by atoms with Gasteiger partial charge in [0.25, 0.3) is 5.69 Å². The Labute approximate surface area is 117 Å². The van der Waals surface area contributed by atoms with E-state index in [2.05, 4.69) is 0 Å². The Morgan fingerprint density at radius 1 is 1.50 bits per heavy atom. The van der Waals surface area contributed by atoms with Crippen LogP contribution in [-0.2, 0) is 11.2 Å². The van der Waals surface area contributed by atoms with Gasteiger partial charge in [0.1, 0.15) is 0 Å². The molecule has 0 aromatic heterocycles. The zero-order valence-electron chi connectivity index (χ0n) is 11.3. The number of amides is 1. The molecule has 2 rings (SSSR count). The molecule has 20 heavy (non-hydrogen) atoms. The summed E-state index contributed by atoms with van der Waals surface area (Å²) in [6.45, 7) is 2.05. The lowest BCUT2D eigenvalue weighted by molar-refractivity contribution is -0.384. The first-order valence-corrected chi connectivity index (χ1v) is 6.81. The summed E-state index contributed by atoms with van der Waals surface area (Å²) in [7, 11) is 0. The predicted octanol–water partition coefficient (Wildman–Crippen LogP) is 1.33. The molecule has 1 saturated heterocycles. The lowest BCUT2D eigenvalue weighted by atomic mass is 9.97. The minimum Gasteiger partial charge on any atom is -0.342 e. The molecular weight excluding hydrogens is 258 g/mol. The molecule has 0 bridgehead atoms. The van der Waals surface area contributed by atoms with Crippen LogP contribution in [0.2, 0.25) is 0 Å².